The van der Waals surface area contributed by atoms with E-state index in [0.29, 0.717) is 11.4 Å². The van der Waals surface area contributed by atoms with Crippen LogP contribution in [-0.2, 0) is 14.6 Å². The van der Waals surface area contributed by atoms with Crippen molar-refractivity contribution in [1.82, 2.24) is 0 Å². The van der Waals surface area contributed by atoms with Crippen LogP contribution in [0.5, 0.6) is 5.75 Å². The monoisotopic (exact) mass is 348 g/mol. The molecule has 1 atom stereocenters. The number of rotatable bonds is 8. The second-order valence-electron chi connectivity index (χ2n) is 5.40. The second-order valence-corrected chi connectivity index (χ2v) is 7.66. The minimum absolute atomic E-state index is 0.0570. The summed E-state index contributed by atoms with van der Waals surface area (Å²) in [5, 5.41) is 3.07. The van der Waals surface area contributed by atoms with Crippen LogP contribution in [0.25, 0.3) is 0 Å². The van der Waals surface area contributed by atoms with Crippen LogP contribution in [0, 0.1) is 0 Å². The number of hydrogen-bond donors (Lipinski definition) is 2. The number of anilines is 1. The van der Waals surface area contributed by atoms with Gasteiger partial charge in [-0.15, -0.1) is 0 Å². The number of amides is 1. The molecule has 0 aliphatic rings. The molecule has 0 heterocycles. The van der Waals surface area contributed by atoms with Crippen LogP contribution in [0.3, 0.4) is 0 Å². The summed E-state index contributed by atoms with van der Waals surface area (Å²) in [6, 6.07) is 15.4. The minimum Gasteiger partial charge on any atom is -0.492 e. The Morgan fingerprint density at radius 2 is 1.88 bits per heavy atom. The lowest BCUT2D eigenvalue weighted by atomic mass is 10.1. The zero-order chi connectivity index (χ0) is 17.6. The van der Waals surface area contributed by atoms with Gasteiger partial charge in [0.1, 0.15) is 18.4 Å². The maximum Gasteiger partial charge on any atom is 0.244 e. The molecule has 24 heavy (non-hydrogen) atoms. The Bertz CT molecular complexity index is 791. The van der Waals surface area contributed by atoms with Gasteiger partial charge in [0, 0.05) is 18.0 Å². The van der Waals surface area contributed by atoms with E-state index in [9.17, 15) is 13.2 Å². The molecule has 2 aromatic rings. The fraction of sp³-hybridized carbons (Fsp3) is 0.235. The average molecular weight is 348 g/mol. The highest BCUT2D eigenvalue weighted by Crippen LogP contribution is 2.23. The highest BCUT2D eigenvalue weighted by atomic mass is 32.2. The third-order valence-electron chi connectivity index (χ3n) is 3.29. The van der Waals surface area contributed by atoms with E-state index in [1.54, 1.807) is 24.3 Å². The molecule has 0 fully saturated rings. The van der Waals surface area contributed by atoms with E-state index in [1.165, 1.54) is 0 Å². The summed E-state index contributed by atoms with van der Waals surface area (Å²) in [5.74, 6) is -0.0389. The van der Waals surface area contributed by atoms with Crippen molar-refractivity contribution in [2.24, 2.45) is 5.73 Å². The summed E-state index contributed by atoms with van der Waals surface area (Å²) >= 11 is 0. The Morgan fingerprint density at radius 3 is 2.50 bits per heavy atom. The third kappa shape index (κ3) is 5.58. The molecule has 0 saturated carbocycles. The first-order valence-corrected chi connectivity index (χ1v) is 9.42. The standard InChI is InChI=1S/C17H20N2O4S/c1-24(21,22)11-10-23-15-9-5-8-14(12-15)19-16(17(18)20)13-6-3-2-4-7-13/h2-9,12,16,19H,10-11H2,1H3,(H2,18,20)/t16-/m0/s1. The van der Waals surface area contributed by atoms with E-state index in [0.717, 1.165) is 11.8 Å². The highest BCUT2D eigenvalue weighted by molar-refractivity contribution is 7.90. The van der Waals surface area contributed by atoms with Gasteiger partial charge in [-0.1, -0.05) is 36.4 Å². The Morgan fingerprint density at radius 1 is 1.17 bits per heavy atom. The smallest absolute Gasteiger partial charge is 0.244 e. The van der Waals surface area contributed by atoms with Crippen molar-refractivity contribution in [1.29, 1.82) is 0 Å². The van der Waals surface area contributed by atoms with E-state index < -0.39 is 21.8 Å². The zero-order valence-corrected chi connectivity index (χ0v) is 14.1. The van der Waals surface area contributed by atoms with E-state index in [2.05, 4.69) is 5.32 Å². The average Bonchev–Trinajstić information content (AvgIpc) is 2.52. The zero-order valence-electron chi connectivity index (χ0n) is 13.3. The van der Waals surface area contributed by atoms with Crippen LogP contribution in [0.1, 0.15) is 11.6 Å². The Balaban J connectivity index is 2.08. The number of nitrogens with two attached hydrogens (primary N) is 1. The first-order chi connectivity index (χ1) is 11.3. The number of carbonyl (C=O) groups excluding carboxylic acids is 1. The third-order valence-corrected chi connectivity index (χ3v) is 4.19. The predicted molar refractivity (Wildman–Crippen MR) is 93.6 cm³/mol. The summed E-state index contributed by atoms with van der Waals surface area (Å²) in [5.41, 5.74) is 6.89. The minimum atomic E-state index is -3.07. The van der Waals surface area contributed by atoms with Gasteiger partial charge in [-0.05, 0) is 17.7 Å². The van der Waals surface area contributed by atoms with Crippen molar-refractivity contribution < 1.29 is 17.9 Å². The maximum atomic E-state index is 11.7. The fourth-order valence-corrected chi connectivity index (χ4v) is 2.50. The molecular weight excluding hydrogens is 328 g/mol. The Labute approximate surface area is 141 Å². The van der Waals surface area contributed by atoms with Gasteiger partial charge in [0.15, 0.2) is 9.84 Å². The van der Waals surface area contributed by atoms with Crippen molar-refractivity contribution >= 4 is 21.4 Å². The van der Waals surface area contributed by atoms with Gasteiger partial charge in [0.05, 0.1) is 5.75 Å². The molecule has 1 amide bonds. The van der Waals surface area contributed by atoms with Crippen LogP contribution >= 0.6 is 0 Å². The van der Waals surface area contributed by atoms with Crippen molar-refractivity contribution in [3.8, 4) is 5.75 Å². The lowest BCUT2D eigenvalue weighted by Crippen LogP contribution is -2.27. The number of sulfone groups is 1. The van der Waals surface area contributed by atoms with Crippen LogP contribution in [0.2, 0.25) is 0 Å². The Hall–Kier alpha value is -2.54. The van der Waals surface area contributed by atoms with Gasteiger partial charge in [-0.25, -0.2) is 8.42 Å². The topological polar surface area (TPSA) is 98.5 Å². The number of nitrogens with one attached hydrogen (secondary N) is 1. The normalized spacial score (nSPS) is 12.4. The SMILES string of the molecule is CS(=O)(=O)CCOc1cccc(N[C@H](C(N)=O)c2ccccc2)c1. The number of carbonyl (C=O) groups is 1. The van der Waals surface area contributed by atoms with Gasteiger partial charge in [0.25, 0.3) is 0 Å². The molecule has 0 unspecified atom stereocenters. The van der Waals surface area contributed by atoms with Gasteiger partial charge >= 0.3 is 0 Å². The molecule has 2 aromatic carbocycles. The molecule has 0 radical (unpaired) electrons. The highest BCUT2D eigenvalue weighted by Gasteiger charge is 2.17. The number of ether oxygens (including phenoxy) is 1. The molecule has 2 rings (SSSR count). The molecule has 0 aliphatic carbocycles. The summed E-state index contributed by atoms with van der Waals surface area (Å²) in [7, 11) is -3.07. The first kappa shape index (κ1) is 17.8. The summed E-state index contributed by atoms with van der Waals surface area (Å²) in [6.07, 6.45) is 1.16. The maximum absolute atomic E-state index is 11.7. The van der Waals surface area contributed by atoms with Gasteiger partial charge in [-0.3, -0.25) is 4.79 Å². The first-order valence-electron chi connectivity index (χ1n) is 7.36. The molecule has 0 spiro atoms. The van der Waals surface area contributed by atoms with E-state index in [4.69, 9.17) is 10.5 Å². The molecule has 6 nitrogen and oxygen atoms in total. The fourth-order valence-electron chi connectivity index (χ4n) is 2.12. The summed E-state index contributed by atoms with van der Waals surface area (Å²) in [4.78, 5) is 11.7. The van der Waals surface area contributed by atoms with Crippen LogP contribution < -0.4 is 15.8 Å². The quantitative estimate of drug-likeness (QED) is 0.757. The van der Waals surface area contributed by atoms with E-state index in [-0.39, 0.29) is 12.4 Å². The lowest BCUT2D eigenvalue weighted by Gasteiger charge is -2.17. The van der Waals surface area contributed by atoms with Gasteiger partial charge in [-0.2, -0.15) is 0 Å². The van der Waals surface area contributed by atoms with Gasteiger partial charge < -0.3 is 15.8 Å². The largest absolute Gasteiger partial charge is 0.492 e. The molecule has 0 saturated heterocycles. The summed E-state index contributed by atoms with van der Waals surface area (Å²) in [6.45, 7) is 0.0697. The molecule has 0 aromatic heterocycles. The molecule has 0 bridgehead atoms. The number of primary amides is 1. The van der Waals surface area contributed by atoms with Crippen molar-refractivity contribution in [2.45, 2.75) is 6.04 Å². The summed E-state index contributed by atoms with van der Waals surface area (Å²) < 4.78 is 27.7. The molecule has 3 N–H and O–H groups in total. The van der Waals surface area contributed by atoms with Crippen LogP contribution in [0.15, 0.2) is 54.6 Å². The predicted octanol–water partition coefficient (Wildman–Crippen LogP) is 1.75. The van der Waals surface area contributed by atoms with E-state index in [1.807, 2.05) is 30.3 Å². The van der Waals surface area contributed by atoms with Crippen molar-refractivity contribution in [3.63, 3.8) is 0 Å². The molecular formula is C17H20N2O4S. The molecule has 0 aliphatic heterocycles. The second kappa shape index (κ2) is 7.83. The van der Waals surface area contributed by atoms with Gasteiger partial charge in [0.2, 0.25) is 5.91 Å². The number of hydrogen-bond acceptors (Lipinski definition) is 5. The van der Waals surface area contributed by atoms with Crippen LogP contribution in [-0.4, -0.2) is 32.9 Å². The number of benzene rings is 2. The lowest BCUT2D eigenvalue weighted by molar-refractivity contribution is -0.118. The Kier molecular flexibility index (Phi) is 5.81. The van der Waals surface area contributed by atoms with Crippen molar-refractivity contribution in [2.75, 3.05) is 23.9 Å². The van der Waals surface area contributed by atoms with Crippen LogP contribution in [0.4, 0.5) is 5.69 Å². The van der Waals surface area contributed by atoms with E-state index >= 15 is 0 Å². The molecule has 128 valence electrons. The molecule has 7 heteroatoms. The van der Waals surface area contributed by atoms with Crippen molar-refractivity contribution in [3.05, 3.63) is 60.2 Å².